The predicted molar refractivity (Wildman–Crippen MR) is 73.6 cm³/mol. The molecule has 0 aliphatic carbocycles. The van der Waals surface area contributed by atoms with Gasteiger partial charge in [-0.1, -0.05) is 27.7 Å². The first-order chi connectivity index (χ1) is 9.40. The van der Waals surface area contributed by atoms with E-state index in [1.807, 2.05) is 5.32 Å². The van der Waals surface area contributed by atoms with Gasteiger partial charge >= 0.3 is 17.8 Å². The van der Waals surface area contributed by atoms with Gasteiger partial charge in [0.15, 0.2) is 0 Å². The maximum Gasteiger partial charge on any atom is 0.394 e. The van der Waals surface area contributed by atoms with Crippen molar-refractivity contribution in [2.45, 2.75) is 10.9 Å². The number of amides is 1. The highest BCUT2D eigenvalue weighted by Crippen LogP contribution is 2.32. The van der Waals surface area contributed by atoms with Crippen LogP contribution in [0.25, 0.3) is 0 Å². The molecule has 108 valence electrons. The van der Waals surface area contributed by atoms with E-state index >= 15 is 0 Å². The summed E-state index contributed by atoms with van der Waals surface area (Å²) in [6.07, 6.45) is 0. The first-order valence-electron chi connectivity index (χ1n) is 5.25. The Balaban J connectivity index is 2.49. The molecule has 0 aromatic heterocycles. The number of aliphatic carboxylic acids is 2. The molecule has 1 atom stereocenters. The monoisotopic (exact) mass is 317 g/mol. The zero-order chi connectivity index (χ0) is 15.1. The van der Waals surface area contributed by atoms with Gasteiger partial charge in [0.1, 0.15) is 11.8 Å². The van der Waals surface area contributed by atoms with Gasteiger partial charge < -0.3 is 20.6 Å². The fraction of sp³-hybridized carbons (Fsp3) is 0.182. The minimum Gasteiger partial charge on any atom is -0.508 e. The molecule has 0 saturated heterocycles. The number of hydrogen-bond acceptors (Lipinski definition) is 6. The van der Waals surface area contributed by atoms with Crippen molar-refractivity contribution in [1.29, 1.82) is 0 Å². The Labute approximate surface area is 121 Å². The van der Waals surface area contributed by atoms with Crippen LogP contribution in [-0.4, -0.2) is 45.0 Å². The molecule has 0 radical (unpaired) electrons. The van der Waals surface area contributed by atoms with Crippen LogP contribution in [0.3, 0.4) is 0 Å². The smallest absolute Gasteiger partial charge is 0.394 e. The number of benzene rings is 1. The molecule has 1 rings (SSSR count). The summed E-state index contributed by atoms with van der Waals surface area (Å²) in [4.78, 5) is 32.9. The van der Waals surface area contributed by atoms with E-state index in [2.05, 4.69) is 0 Å². The molecule has 0 spiro atoms. The number of phenolic OH excluding ortho intramolecular Hbond substituents is 1. The van der Waals surface area contributed by atoms with Crippen molar-refractivity contribution in [3.05, 3.63) is 24.3 Å². The molecule has 20 heavy (non-hydrogen) atoms. The van der Waals surface area contributed by atoms with Crippen molar-refractivity contribution in [1.82, 2.24) is 5.32 Å². The van der Waals surface area contributed by atoms with Crippen molar-refractivity contribution in [2.75, 3.05) is 5.75 Å². The minimum absolute atomic E-state index is 0.0192. The molecule has 0 aliphatic heterocycles. The van der Waals surface area contributed by atoms with E-state index in [1.165, 1.54) is 22.9 Å². The van der Waals surface area contributed by atoms with Crippen LogP contribution in [0, 0.1) is 0 Å². The molecule has 4 N–H and O–H groups in total. The Morgan fingerprint density at radius 3 is 2.50 bits per heavy atom. The van der Waals surface area contributed by atoms with Crippen LogP contribution in [0.5, 0.6) is 5.75 Å². The van der Waals surface area contributed by atoms with E-state index in [1.54, 1.807) is 12.1 Å². The largest absolute Gasteiger partial charge is 0.508 e. The van der Waals surface area contributed by atoms with Gasteiger partial charge in [0, 0.05) is 10.6 Å². The third kappa shape index (κ3) is 5.41. The molecule has 0 unspecified atom stereocenters. The van der Waals surface area contributed by atoms with E-state index in [4.69, 9.17) is 10.2 Å². The average Bonchev–Trinajstić information content (AvgIpc) is 2.37. The van der Waals surface area contributed by atoms with Crippen LogP contribution in [0.2, 0.25) is 0 Å². The van der Waals surface area contributed by atoms with Gasteiger partial charge in [0.05, 0.1) is 0 Å². The van der Waals surface area contributed by atoms with Crippen LogP contribution < -0.4 is 5.32 Å². The topological polar surface area (TPSA) is 124 Å². The molecule has 0 fully saturated rings. The van der Waals surface area contributed by atoms with Gasteiger partial charge in [-0.2, -0.15) is 0 Å². The lowest BCUT2D eigenvalue weighted by Gasteiger charge is -2.12. The summed E-state index contributed by atoms with van der Waals surface area (Å²) < 4.78 is 0. The standard InChI is InChI=1S/C11H11NO6S2/c13-6-2-1-3-7(4-6)20-19-5-8(10(15)16)12-9(14)11(17)18/h1-4,8,13H,5H2,(H,12,14)(H,15,16)(H,17,18)/t8-/m0/s1. The van der Waals surface area contributed by atoms with E-state index in [-0.39, 0.29) is 11.5 Å². The van der Waals surface area contributed by atoms with Crippen LogP contribution in [0.15, 0.2) is 29.2 Å². The normalized spacial score (nSPS) is 11.6. The Morgan fingerprint density at radius 1 is 1.25 bits per heavy atom. The lowest BCUT2D eigenvalue weighted by Crippen LogP contribution is -2.45. The van der Waals surface area contributed by atoms with Gasteiger partial charge in [-0.25, -0.2) is 9.59 Å². The summed E-state index contributed by atoms with van der Waals surface area (Å²) in [6, 6.07) is 5.07. The number of carbonyl (C=O) groups is 3. The number of nitrogens with one attached hydrogen (secondary N) is 1. The number of hydrogen-bond donors (Lipinski definition) is 4. The lowest BCUT2D eigenvalue weighted by atomic mass is 10.3. The SMILES string of the molecule is O=C(O)C(=O)N[C@@H](CSSc1cccc(O)c1)C(=O)O. The summed E-state index contributed by atoms with van der Waals surface area (Å²) in [5.41, 5.74) is 0. The van der Waals surface area contributed by atoms with Crippen molar-refractivity contribution in [3.8, 4) is 5.75 Å². The van der Waals surface area contributed by atoms with Crippen molar-refractivity contribution < 1.29 is 29.7 Å². The molecular weight excluding hydrogens is 306 g/mol. The van der Waals surface area contributed by atoms with Crippen molar-refractivity contribution >= 4 is 39.4 Å². The van der Waals surface area contributed by atoms with E-state index in [9.17, 15) is 19.5 Å². The number of carbonyl (C=O) groups excluding carboxylic acids is 1. The average molecular weight is 317 g/mol. The van der Waals surface area contributed by atoms with Crippen LogP contribution in [0.4, 0.5) is 0 Å². The summed E-state index contributed by atoms with van der Waals surface area (Å²) in [6.45, 7) is 0. The second kappa shape index (κ2) is 7.65. The summed E-state index contributed by atoms with van der Waals surface area (Å²) in [7, 11) is 2.33. The highest BCUT2D eigenvalue weighted by Gasteiger charge is 2.23. The second-order valence-corrected chi connectivity index (χ2v) is 5.95. The zero-order valence-corrected chi connectivity index (χ0v) is 11.6. The highest BCUT2D eigenvalue weighted by molar-refractivity contribution is 8.76. The molecule has 1 aromatic rings. The van der Waals surface area contributed by atoms with E-state index in [0.29, 0.717) is 4.90 Å². The van der Waals surface area contributed by atoms with Crippen molar-refractivity contribution in [2.24, 2.45) is 0 Å². The first-order valence-corrected chi connectivity index (χ1v) is 7.57. The molecule has 1 amide bonds. The Hall–Kier alpha value is -1.87. The first kappa shape index (κ1) is 16.2. The maximum atomic E-state index is 10.9. The molecule has 0 heterocycles. The fourth-order valence-electron chi connectivity index (χ4n) is 1.10. The maximum absolute atomic E-state index is 10.9. The molecule has 7 nitrogen and oxygen atoms in total. The predicted octanol–water partition coefficient (Wildman–Crippen LogP) is 0.787. The number of carboxylic acid groups (broad SMARTS) is 2. The van der Waals surface area contributed by atoms with Gasteiger partial charge in [0.2, 0.25) is 0 Å². The van der Waals surface area contributed by atoms with E-state index in [0.717, 1.165) is 10.8 Å². The Bertz CT molecular complexity index is 521. The highest BCUT2D eigenvalue weighted by atomic mass is 33.1. The quantitative estimate of drug-likeness (QED) is 0.448. The van der Waals surface area contributed by atoms with Gasteiger partial charge in [-0.15, -0.1) is 0 Å². The van der Waals surface area contributed by atoms with Crippen LogP contribution in [0.1, 0.15) is 0 Å². The third-order valence-electron chi connectivity index (χ3n) is 2.01. The number of phenols is 1. The molecule has 1 aromatic carbocycles. The lowest BCUT2D eigenvalue weighted by molar-refractivity contribution is -0.151. The Morgan fingerprint density at radius 2 is 1.95 bits per heavy atom. The van der Waals surface area contributed by atoms with Gasteiger partial charge in [-0.05, 0) is 18.2 Å². The number of rotatable bonds is 6. The summed E-state index contributed by atoms with van der Waals surface area (Å²) >= 11 is 0. The molecule has 0 aliphatic rings. The molecular formula is C11H11NO6S2. The second-order valence-electron chi connectivity index (χ2n) is 3.53. The molecule has 9 heteroatoms. The van der Waals surface area contributed by atoms with E-state index < -0.39 is 23.9 Å². The van der Waals surface area contributed by atoms with Gasteiger partial charge in [-0.3, -0.25) is 4.79 Å². The van der Waals surface area contributed by atoms with Crippen LogP contribution >= 0.6 is 21.6 Å². The summed E-state index contributed by atoms with van der Waals surface area (Å²) in [5, 5.41) is 28.4. The fourth-order valence-corrected chi connectivity index (χ4v) is 3.30. The molecule has 0 saturated carbocycles. The number of carboxylic acids is 2. The number of aromatic hydroxyl groups is 1. The van der Waals surface area contributed by atoms with Crippen LogP contribution in [-0.2, 0) is 14.4 Å². The minimum atomic E-state index is -1.73. The summed E-state index contributed by atoms with van der Waals surface area (Å²) in [5.74, 6) is -4.34. The Kier molecular flexibility index (Phi) is 6.19. The zero-order valence-electron chi connectivity index (χ0n) is 9.98. The molecule has 0 bridgehead atoms. The third-order valence-corrected chi connectivity index (χ3v) is 4.38. The van der Waals surface area contributed by atoms with Crippen molar-refractivity contribution in [3.63, 3.8) is 0 Å². The van der Waals surface area contributed by atoms with Gasteiger partial charge in [0.25, 0.3) is 0 Å².